The number of benzene rings is 2. The van der Waals surface area contributed by atoms with Crippen molar-refractivity contribution in [2.75, 3.05) is 38.2 Å². The zero-order valence-corrected chi connectivity index (χ0v) is 16.6. The number of hydrogen-bond donors (Lipinski definition) is 1. The summed E-state index contributed by atoms with van der Waals surface area (Å²) < 4.78 is 11.9. The summed E-state index contributed by atoms with van der Waals surface area (Å²) in [5.74, 6) is 0.586. The Bertz CT molecular complexity index is 949. The number of carbonyl (C=O) groups excluding carboxylic acids is 1. The van der Waals surface area contributed by atoms with Gasteiger partial charge in [0.05, 0.1) is 30.0 Å². The molecule has 146 valence electrons. The molecule has 0 atom stereocenters. The van der Waals surface area contributed by atoms with Crippen LogP contribution >= 0.6 is 11.3 Å². The van der Waals surface area contributed by atoms with Gasteiger partial charge in [-0.05, 0) is 48.9 Å². The normalized spacial score (nSPS) is 14.9. The molecular formula is C21H23N3O3S. The second-order valence-electron chi connectivity index (χ2n) is 6.62. The lowest BCUT2D eigenvalue weighted by atomic mass is 10.2. The van der Waals surface area contributed by atoms with Crippen LogP contribution in [0.4, 0.5) is 5.13 Å². The second kappa shape index (κ2) is 8.68. The number of anilines is 1. The number of rotatable bonds is 6. The van der Waals surface area contributed by atoms with Crippen molar-refractivity contribution in [1.29, 1.82) is 0 Å². The number of morpholine rings is 1. The summed E-state index contributed by atoms with van der Waals surface area (Å²) in [4.78, 5) is 19.4. The minimum absolute atomic E-state index is 0.171. The summed E-state index contributed by atoms with van der Waals surface area (Å²) >= 11 is 1.50. The van der Waals surface area contributed by atoms with E-state index in [1.54, 1.807) is 24.3 Å². The summed E-state index contributed by atoms with van der Waals surface area (Å²) in [5, 5.41) is 3.51. The quantitative estimate of drug-likeness (QED) is 0.686. The monoisotopic (exact) mass is 397 g/mol. The Kier molecular flexibility index (Phi) is 5.85. The Morgan fingerprint density at radius 1 is 1.21 bits per heavy atom. The molecule has 0 aliphatic carbocycles. The fraction of sp³-hybridized carbons (Fsp3) is 0.333. The molecule has 0 radical (unpaired) electrons. The van der Waals surface area contributed by atoms with E-state index < -0.39 is 0 Å². The van der Waals surface area contributed by atoms with Crippen LogP contribution in [0, 0.1) is 0 Å². The third kappa shape index (κ3) is 4.49. The highest BCUT2D eigenvalue weighted by atomic mass is 32.1. The number of carbonyl (C=O) groups is 1. The molecule has 28 heavy (non-hydrogen) atoms. The molecule has 1 N–H and O–H groups in total. The van der Waals surface area contributed by atoms with Crippen LogP contribution in [-0.2, 0) is 11.3 Å². The van der Waals surface area contributed by atoms with E-state index in [2.05, 4.69) is 27.3 Å². The number of fused-ring (bicyclic) bond motifs is 1. The van der Waals surface area contributed by atoms with Gasteiger partial charge in [-0.15, -0.1) is 0 Å². The van der Waals surface area contributed by atoms with E-state index in [4.69, 9.17) is 9.47 Å². The second-order valence-corrected chi connectivity index (χ2v) is 7.65. The Morgan fingerprint density at radius 2 is 2.00 bits per heavy atom. The molecule has 1 fully saturated rings. The van der Waals surface area contributed by atoms with E-state index in [0.29, 0.717) is 17.3 Å². The van der Waals surface area contributed by atoms with Gasteiger partial charge >= 0.3 is 0 Å². The van der Waals surface area contributed by atoms with Crippen LogP contribution in [0.2, 0.25) is 0 Å². The van der Waals surface area contributed by atoms with Crippen LogP contribution in [0.1, 0.15) is 22.8 Å². The molecule has 4 rings (SSSR count). The first-order chi connectivity index (χ1) is 13.7. The Morgan fingerprint density at radius 3 is 2.75 bits per heavy atom. The van der Waals surface area contributed by atoms with Crippen molar-refractivity contribution in [3.8, 4) is 5.75 Å². The first-order valence-electron chi connectivity index (χ1n) is 9.45. The van der Waals surface area contributed by atoms with Gasteiger partial charge in [0, 0.05) is 25.2 Å². The van der Waals surface area contributed by atoms with Gasteiger partial charge in [-0.3, -0.25) is 15.0 Å². The van der Waals surface area contributed by atoms with Gasteiger partial charge in [0.1, 0.15) is 5.75 Å². The maximum absolute atomic E-state index is 12.5. The molecule has 1 amide bonds. The summed E-state index contributed by atoms with van der Waals surface area (Å²) in [7, 11) is 0. The van der Waals surface area contributed by atoms with E-state index in [1.807, 2.05) is 13.0 Å². The number of hydrogen-bond acceptors (Lipinski definition) is 6. The molecule has 1 aromatic heterocycles. The van der Waals surface area contributed by atoms with Crippen molar-refractivity contribution in [1.82, 2.24) is 9.88 Å². The predicted molar refractivity (Wildman–Crippen MR) is 111 cm³/mol. The molecule has 0 unspecified atom stereocenters. The van der Waals surface area contributed by atoms with Crippen LogP contribution in [0.3, 0.4) is 0 Å². The van der Waals surface area contributed by atoms with Gasteiger partial charge in [0.25, 0.3) is 5.91 Å². The molecule has 6 nitrogen and oxygen atoms in total. The minimum Gasteiger partial charge on any atom is -0.494 e. The van der Waals surface area contributed by atoms with Crippen LogP contribution in [-0.4, -0.2) is 48.7 Å². The first-order valence-corrected chi connectivity index (χ1v) is 10.3. The van der Waals surface area contributed by atoms with Crippen LogP contribution in [0.25, 0.3) is 10.2 Å². The number of aromatic nitrogens is 1. The van der Waals surface area contributed by atoms with E-state index >= 15 is 0 Å². The zero-order chi connectivity index (χ0) is 19.3. The lowest BCUT2D eigenvalue weighted by Crippen LogP contribution is -2.35. The van der Waals surface area contributed by atoms with Crippen LogP contribution in [0.15, 0.2) is 42.5 Å². The van der Waals surface area contributed by atoms with Crippen molar-refractivity contribution in [3.05, 3.63) is 53.6 Å². The highest BCUT2D eigenvalue weighted by Gasteiger charge is 2.13. The Hall–Kier alpha value is -2.48. The van der Waals surface area contributed by atoms with Gasteiger partial charge in [-0.2, -0.15) is 0 Å². The van der Waals surface area contributed by atoms with Gasteiger partial charge in [-0.25, -0.2) is 4.98 Å². The van der Waals surface area contributed by atoms with Gasteiger partial charge in [-0.1, -0.05) is 17.4 Å². The molecule has 0 saturated carbocycles. The van der Waals surface area contributed by atoms with E-state index in [1.165, 1.54) is 16.9 Å². The number of nitrogens with zero attached hydrogens (tertiary/aromatic N) is 2. The molecule has 2 heterocycles. The fourth-order valence-corrected chi connectivity index (χ4v) is 4.10. The first kappa shape index (κ1) is 18.9. The van der Waals surface area contributed by atoms with Gasteiger partial charge in [0.2, 0.25) is 0 Å². The molecule has 1 aliphatic heterocycles. The predicted octanol–water partition coefficient (Wildman–Crippen LogP) is 3.78. The van der Waals surface area contributed by atoms with Crippen molar-refractivity contribution >= 4 is 32.6 Å². The summed E-state index contributed by atoms with van der Waals surface area (Å²) in [6.07, 6.45) is 0. The van der Waals surface area contributed by atoms with Crippen LogP contribution in [0.5, 0.6) is 5.75 Å². The van der Waals surface area contributed by atoms with Crippen LogP contribution < -0.4 is 10.1 Å². The molecule has 0 bridgehead atoms. The number of thiazole rings is 1. The number of nitrogens with one attached hydrogen (secondary N) is 1. The molecule has 7 heteroatoms. The topological polar surface area (TPSA) is 63.7 Å². The standard InChI is InChI=1S/C21H23N3O3S/c1-2-27-17-6-4-16(5-7-17)20(25)23-21-22-18-8-3-15(13-19(18)28-21)14-24-9-11-26-12-10-24/h3-8,13H,2,9-12,14H2,1H3,(H,22,23,25). The molecule has 3 aromatic rings. The molecule has 1 saturated heterocycles. The summed E-state index contributed by atoms with van der Waals surface area (Å²) in [5.41, 5.74) is 2.73. The average molecular weight is 398 g/mol. The van der Waals surface area contributed by atoms with Crippen molar-refractivity contribution in [3.63, 3.8) is 0 Å². The highest BCUT2D eigenvalue weighted by Crippen LogP contribution is 2.28. The highest BCUT2D eigenvalue weighted by molar-refractivity contribution is 7.22. The fourth-order valence-electron chi connectivity index (χ4n) is 3.18. The summed E-state index contributed by atoms with van der Waals surface area (Å²) in [6.45, 7) is 6.96. The third-order valence-electron chi connectivity index (χ3n) is 4.61. The van der Waals surface area contributed by atoms with E-state index in [9.17, 15) is 4.79 Å². The molecule has 1 aliphatic rings. The lowest BCUT2D eigenvalue weighted by molar-refractivity contribution is 0.0342. The van der Waals surface area contributed by atoms with Crippen molar-refractivity contribution in [2.45, 2.75) is 13.5 Å². The molecular weight excluding hydrogens is 374 g/mol. The maximum Gasteiger partial charge on any atom is 0.257 e. The number of amides is 1. The Labute approximate surface area is 168 Å². The van der Waals surface area contributed by atoms with Gasteiger partial charge in [0.15, 0.2) is 5.13 Å². The van der Waals surface area contributed by atoms with Crippen molar-refractivity contribution in [2.24, 2.45) is 0 Å². The zero-order valence-electron chi connectivity index (χ0n) is 15.8. The minimum atomic E-state index is -0.171. The lowest BCUT2D eigenvalue weighted by Gasteiger charge is -2.26. The Balaban J connectivity index is 1.44. The van der Waals surface area contributed by atoms with Crippen molar-refractivity contribution < 1.29 is 14.3 Å². The largest absolute Gasteiger partial charge is 0.494 e. The summed E-state index contributed by atoms with van der Waals surface area (Å²) in [6, 6.07) is 13.4. The smallest absolute Gasteiger partial charge is 0.257 e. The van der Waals surface area contributed by atoms with Gasteiger partial charge < -0.3 is 9.47 Å². The third-order valence-corrected chi connectivity index (χ3v) is 5.54. The maximum atomic E-state index is 12.5. The van der Waals surface area contributed by atoms with E-state index in [0.717, 1.165) is 48.8 Å². The average Bonchev–Trinajstić information content (AvgIpc) is 3.11. The van der Waals surface area contributed by atoms with E-state index in [-0.39, 0.29) is 5.91 Å². The molecule has 0 spiro atoms. The molecule has 2 aromatic carbocycles. The SMILES string of the molecule is CCOc1ccc(C(=O)Nc2nc3ccc(CN4CCOCC4)cc3s2)cc1. The number of ether oxygens (including phenoxy) is 2.